The van der Waals surface area contributed by atoms with Crippen LogP contribution in [0.5, 0.6) is 0 Å². The van der Waals surface area contributed by atoms with Crippen molar-refractivity contribution in [3.63, 3.8) is 0 Å². The Balaban J connectivity index is 2.06. The zero-order chi connectivity index (χ0) is 10.7. The molecule has 1 atom stereocenters. The molecule has 1 aromatic heterocycles. The molecule has 0 aliphatic carbocycles. The summed E-state index contributed by atoms with van der Waals surface area (Å²) in [7, 11) is 0. The maximum atomic E-state index is 9.86. The fourth-order valence-corrected chi connectivity index (χ4v) is 1.86. The van der Waals surface area contributed by atoms with Crippen LogP contribution in [-0.2, 0) is 6.42 Å². The van der Waals surface area contributed by atoms with E-state index in [1.165, 1.54) is 17.1 Å². The molecule has 4 heteroatoms. The third-order valence-corrected chi connectivity index (χ3v) is 3.02. The SMILES string of the molecule is Cc1ccc(CC(O)c2cnns2)cc1. The minimum Gasteiger partial charge on any atom is -0.387 e. The van der Waals surface area contributed by atoms with Crippen LogP contribution < -0.4 is 0 Å². The van der Waals surface area contributed by atoms with Crippen molar-refractivity contribution < 1.29 is 5.11 Å². The predicted octanol–water partition coefficient (Wildman–Crippen LogP) is 2.12. The van der Waals surface area contributed by atoms with E-state index >= 15 is 0 Å². The van der Waals surface area contributed by atoms with Crippen molar-refractivity contribution in [2.45, 2.75) is 19.4 Å². The lowest BCUT2D eigenvalue weighted by Gasteiger charge is -2.07. The van der Waals surface area contributed by atoms with Crippen molar-refractivity contribution in [3.8, 4) is 0 Å². The van der Waals surface area contributed by atoms with Crippen LogP contribution in [0.25, 0.3) is 0 Å². The second-order valence-electron chi connectivity index (χ2n) is 3.53. The van der Waals surface area contributed by atoms with Crippen molar-refractivity contribution in [1.82, 2.24) is 9.59 Å². The summed E-state index contributed by atoms with van der Waals surface area (Å²) < 4.78 is 3.73. The van der Waals surface area contributed by atoms with Gasteiger partial charge in [-0.05, 0) is 24.0 Å². The number of aryl methyl sites for hydroxylation is 1. The lowest BCUT2D eigenvalue weighted by Crippen LogP contribution is -1.99. The summed E-state index contributed by atoms with van der Waals surface area (Å²) in [4.78, 5) is 0.815. The van der Waals surface area contributed by atoms with Crippen molar-refractivity contribution in [3.05, 3.63) is 46.5 Å². The fraction of sp³-hybridized carbons (Fsp3) is 0.273. The van der Waals surface area contributed by atoms with Crippen LogP contribution in [0.3, 0.4) is 0 Å². The molecular weight excluding hydrogens is 208 g/mol. The largest absolute Gasteiger partial charge is 0.387 e. The van der Waals surface area contributed by atoms with Gasteiger partial charge in [0.15, 0.2) is 0 Å². The molecule has 1 aromatic carbocycles. The standard InChI is InChI=1S/C11H12N2OS/c1-8-2-4-9(5-3-8)6-10(14)11-7-12-13-15-11/h2-5,7,10,14H,6H2,1H3. The monoisotopic (exact) mass is 220 g/mol. The molecule has 3 nitrogen and oxygen atoms in total. The number of nitrogens with zero attached hydrogens (tertiary/aromatic N) is 2. The molecule has 1 heterocycles. The minimum absolute atomic E-state index is 0.493. The molecule has 0 fully saturated rings. The van der Waals surface area contributed by atoms with E-state index in [2.05, 4.69) is 9.59 Å². The van der Waals surface area contributed by atoms with Crippen LogP contribution in [0.2, 0.25) is 0 Å². The Labute approximate surface area is 92.6 Å². The maximum absolute atomic E-state index is 9.86. The van der Waals surface area contributed by atoms with Crippen LogP contribution in [-0.4, -0.2) is 14.7 Å². The second-order valence-corrected chi connectivity index (χ2v) is 4.34. The van der Waals surface area contributed by atoms with Gasteiger partial charge >= 0.3 is 0 Å². The number of aliphatic hydroxyl groups excluding tert-OH is 1. The Morgan fingerprint density at radius 2 is 2.07 bits per heavy atom. The first-order valence-corrected chi connectivity index (χ1v) is 5.54. The van der Waals surface area contributed by atoms with Gasteiger partial charge in [0.05, 0.1) is 17.2 Å². The van der Waals surface area contributed by atoms with Gasteiger partial charge in [0, 0.05) is 6.42 Å². The summed E-state index contributed by atoms with van der Waals surface area (Å²) in [5.74, 6) is 0. The van der Waals surface area contributed by atoms with E-state index in [0.29, 0.717) is 6.42 Å². The molecule has 0 aliphatic heterocycles. The Hall–Kier alpha value is -1.26. The van der Waals surface area contributed by atoms with Crippen LogP contribution in [0.4, 0.5) is 0 Å². The molecule has 0 saturated heterocycles. The predicted molar refractivity (Wildman–Crippen MR) is 59.8 cm³/mol. The molecule has 15 heavy (non-hydrogen) atoms. The van der Waals surface area contributed by atoms with E-state index < -0.39 is 6.10 Å². The van der Waals surface area contributed by atoms with Gasteiger partial charge in [0.1, 0.15) is 0 Å². The van der Waals surface area contributed by atoms with Gasteiger partial charge in [-0.15, -0.1) is 5.10 Å². The molecule has 1 N–H and O–H groups in total. The summed E-state index contributed by atoms with van der Waals surface area (Å²) in [5.41, 5.74) is 2.36. The van der Waals surface area contributed by atoms with Gasteiger partial charge in [0.25, 0.3) is 0 Å². The molecule has 1 unspecified atom stereocenters. The van der Waals surface area contributed by atoms with Crippen molar-refractivity contribution >= 4 is 11.5 Å². The van der Waals surface area contributed by atoms with E-state index in [1.807, 2.05) is 31.2 Å². The lowest BCUT2D eigenvalue weighted by atomic mass is 10.1. The van der Waals surface area contributed by atoms with Crippen LogP contribution in [0, 0.1) is 6.92 Å². The average molecular weight is 220 g/mol. The van der Waals surface area contributed by atoms with Crippen molar-refractivity contribution in [2.75, 3.05) is 0 Å². The van der Waals surface area contributed by atoms with Gasteiger partial charge in [-0.1, -0.05) is 34.3 Å². The normalized spacial score (nSPS) is 12.7. The van der Waals surface area contributed by atoms with Gasteiger partial charge < -0.3 is 5.11 Å². The molecular formula is C11H12N2OS. The number of hydrogen-bond donors (Lipinski definition) is 1. The van der Waals surface area contributed by atoms with E-state index in [-0.39, 0.29) is 0 Å². The van der Waals surface area contributed by atoms with E-state index in [9.17, 15) is 5.11 Å². The minimum atomic E-state index is -0.493. The summed E-state index contributed by atoms with van der Waals surface area (Å²) in [6.45, 7) is 2.05. The molecule has 2 rings (SSSR count). The summed E-state index contributed by atoms with van der Waals surface area (Å²) in [6.07, 6.45) is 1.74. The number of aliphatic hydroxyl groups is 1. The molecule has 0 saturated carbocycles. The zero-order valence-corrected chi connectivity index (χ0v) is 9.24. The van der Waals surface area contributed by atoms with Crippen molar-refractivity contribution in [2.24, 2.45) is 0 Å². The van der Waals surface area contributed by atoms with Crippen molar-refractivity contribution in [1.29, 1.82) is 0 Å². The number of rotatable bonds is 3. The summed E-state index contributed by atoms with van der Waals surface area (Å²) in [6, 6.07) is 8.17. The highest BCUT2D eigenvalue weighted by Gasteiger charge is 2.10. The Morgan fingerprint density at radius 3 is 2.67 bits per heavy atom. The molecule has 2 aromatic rings. The van der Waals surface area contributed by atoms with E-state index in [0.717, 1.165) is 10.4 Å². The van der Waals surface area contributed by atoms with Gasteiger partial charge in [0.2, 0.25) is 0 Å². The third kappa shape index (κ3) is 2.61. The summed E-state index contributed by atoms with van der Waals surface area (Å²) >= 11 is 1.24. The summed E-state index contributed by atoms with van der Waals surface area (Å²) in [5, 5.41) is 13.6. The highest BCUT2D eigenvalue weighted by molar-refractivity contribution is 7.05. The average Bonchev–Trinajstić information content (AvgIpc) is 2.74. The van der Waals surface area contributed by atoms with Crippen LogP contribution in [0.1, 0.15) is 22.1 Å². The van der Waals surface area contributed by atoms with E-state index in [1.54, 1.807) is 6.20 Å². The highest BCUT2D eigenvalue weighted by atomic mass is 32.1. The number of benzene rings is 1. The molecule has 0 aliphatic rings. The fourth-order valence-electron chi connectivity index (χ4n) is 1.37. The first kappa shape index (κ1) is 10.3. The Bertz CT molecular complexity index is 411. The van der Waals surface area contributed by atoms with Gasteiger partial charge in [-0.3, -0.25) is 0 Å². The number of hydrogen-bond acceptors (Lipinski definition) is 4. The van der Waals surface area contributed by atoms with Crippen LogP contribution >= 0.6 is 11.5 Å². The third-order valence-electron chi connectivity index (χ3n) is 2.26. The van der Waals surface area contributed by atoms with Crippen LogP contribution in [0.15, 0.2) is 30.5 Å². The van der Waals surface area contributed by atoms with Gasteiger partial charge in [-0.2, -0.15) is 0 Å². The molecule has 0 radical (unpaired) electrons. The quantitative estimate of drug-likeness (QED) is 0.861. The Kier molecular flexibility index (Phi) is 3.08. The lowest BCUT2D eigenvalue weighted by molar-refractivity contribution is 0.182. The molecule has 78 valence electrons. The van der Waals surface area contributed by atoms with Gasteiger partial charge in [-0.25, -0.2) is 0 Å². The smallest absolute Gasteiger partial charge is 0.0954 e. The first-order valence-electron chi connectivity index (χ1n) is 4.76. The highest BCUT2D eigenvalue weighted by Crippen LogP contribution is 2.20. The molecule has 0 bridgehead atoms. The molecule has 0 spiro atoms. The number of aromatic nitrogens is 2. The second kappa shape index (κ2) is 4.51. The van der Waals surface area contributed by atoms with E-state index in [4.69, 9.17) is 0 Å². The molecule has 0 amide bonds. The first-order chi connectivity index (χ1) is 7.25. The zero-order valence-electron chi connectivity index (χ0n) is 8.42. The maximum Gasteiger partial charge on any atom is 0.0954 e. The Morgan fingerprint density at radius 1 is 1.33 bits per heavy atom. The topological polar surface area (TPSA) is 46.0 Å².